The highest BCUT2D eigenvalue weighted by Crippen LogP contribution is 2.16. The molecule has 2 nitrogen and oxygen atoms in total. The minimum absolute atomic E-state index is 0.617. The summed E-state index contributed by atoms with van der Waals surface area (Å²) in [7, 11) is 0. The predicted octanol–water partition coefficient (Wildman–Crippen LogP) is 3.39. The first-order valence-electron chi connectivity index (χ1n) is 5.52. The van der Waals surface area contributed by atoms with Crippen LogP contribution in [0.1, 0.15) is 24.0 Å². The standard InChI is InChI=1S/C14H14N2/c1-11-5-6-13-9-12(4-2-3-7-15)10-16-14(13)8-11/h5-6,8-10H,2-4H2,1H3. The van der Waals surface area contributed by atoms with Gasteiger partial charge in [-0.2, -0.15) is 5.26 Å². The molecule has 0 bridgehead atoms. The lowest BCUT2D eigenvalue weighted by molar-refractivity contribution is 0.848. The maximum Gasteiger partial charge on any atom is 0.0704 e. The Morgan fingerprint density at radius 1 is 1.31 bits per heavy atom. The Hall–Kier alpha value is -1.88. The number of hydrogen-bond donors (Lipinski definition) is 0. The molecule has 0 atom stereocenters. The molecular weight excluding hydrogens is 196 g/mol. The number of aryl methyl sites for hydroxylation is 2. The Morgan fingerprint density at radius 3 is 3.00 bits per heavy atom. The third-order valence-electron chi connectivity index (χ3n) is 2.65. The fourth-order valence-electron chi connectivity index (χ4n) is 1.79. The summed E-state index contributed by atoms with van der Waals surface area (Å²) in [5, 5.41) is 9.66. The van der Waals surface area contributed by atoms with Gasteiger partial charge in [0.05, 0.1) is 11.6 Å². The number of nitriles is 1. The molecule has 2 heteroatoms. The first-order chi connectivity index (χ1) is 7.79. The van der Waals surface area contributed by atoms with Crippen LogP contribution in [-0.4, -0.2) is 4.98 Å². The zero-order valence-corrected chi connectivity index (χ0v) is 9.40. The van der Waals surface area contributed by atoms with Crippen LogP contribution in [0.2, 0.25) is 0 Å². The second-order valence-electron chi connectivity index (χ2n) is 4.05. The van der Waals surface area contributed by atoms with E-state index < -0.39 is 0 Å². The van der Waals surface area contributed by atoms with Crippen LogP contribution in [0.15, 0.2) is 30.5 Å². The van der Waals surface area contributed by atoms with Crippen molar-refractivity contribution in [2.75, 3.05) is 0 Å². The second-order valence-corrected chi connectivity index (χ2v) is 4.05. The van der Waals surface area contributed by atoms with Gasteiger partial charge in [0.15, 0.2) is 0 Å². The van der Waals surface area contributed by atoms with Crippen molar-refractivity contribution in [3.8, 4) is 6.07 Å². The van der Waals surface area contributed by atoms with Crippen LogP contribution in [0, 0.1) is 18.3 Å². The van der Waals surface area contributed by atoms with Gasteiger partial charge in [-0.15, -0.1) is 0 Å². The average molecular weight is 210 g/mol. The number of rotatable bonds is 3. The van der Waals surface area contributed by atoms with E-state index in [4.69, 9.17) is 5.26 Å². The van der Waals surface area contributed by atoms with Crippen molar-refractivity contribution < 1.29 is 0 Å². The SMILES string of the molecule is Cc1ccc2cc(CCCC#N)cnc2c1. The van der Waals surface area contributed by atoms with Crippen molar-refractivity contribution in [3.63, 3.8) is 0 Å². The van der Waals surface area contributed by atoms with Crippen molar-refractivity contribution in [3.05, 3.63) is 41.6 Å². The zero-order valence-electron chi connectivity index (χ0n) is 9.40. The van der Waals surface area contributed by atoms with Crippen LogP contribution in [0.25, 0.3) is 10.9 Å². The zero-order chi connectivity index (χ0) is 11.4. The van der Waals surface area contributed by atoms with Gasteiger partial charge in [-0.1, -0.05) is 12.1 Å². The van der Waals surface area contributed by atoms with Crippen LogP contribution in [0.5, 0.6) is 0 Å². The van der Waals surface area contributed by atoms with Crippen LogP contribution in [-0.2, 0) is 6.42 Å². The molecule has 0 saturated heterocycles. The molecule has 0 amide bonds. The Labute approximate surface area is 95.6 Å². The van der Waals surface area contributed by atoms with Gasteiger partial charge in [0.1, 0.15) is 0 Å². The molecule has 0 aliphatic heterocycles. The maximum absolute atomic E-state index is 8.48. The molecule has 0 N–H and O–H groups in total. The summed E-state index contributed by atoms with van der Waals surface area (Å²) in [5.41, 5.74) is 3.49. The molecule has 0 unspecified atom stereocenters. The molecule has 0 saturated carbocycles. The summed E-state index contributed by atoms with van der Waals surface area (Å²) < 4.78 is 0. The highest BCUT2D eigenvalue weighted by molar-refractivity contribution is 5.79. The van der Waals surface area contributed by atoms with Crippen LogP contribution >= 0.6 is 0 Å². The molecule has 2 rings (SSSR count). The van der Waals surface area contributed by atoms with Crippen molar-refractivity contribution in [1.82, 2.24) is 4.98 Å². The van der Waals surface area contributed by atoms with Gasteiger partial charge in [-0.05, 0) is 43.0 Å². The molecule has 0 spiro atoms. The number of benzene rings is 1. The van der Waals surface area contributed by atoms with Crippen molar-refractivity contribution in [1.29, 1.82) is 5.26 Å². The Morgan fingerprint density at radius 2 is 2.19 bits per heavy atom. The maximum atomic E-state index is 8.48. The summed E-state index contributed by atoms with van der Waals surface area (Å²) >= 11 is 0. The lowest BCUT2D eigenvalue weighted by Gasteiger charge is -2.02. The van der Waals surface area contributed by atoms with Crippen LogP contribution < -0.4 is 0 Å². The molecule has 2 aromatic rings. The van der Waals surface area contributed by atoms with Gasteiger partial charge < -0.3 is 0 Å². The first kappa shape index (κ1) is 10.6. The van der Waals surface area contributed by atoms with E-state index in [0.717, 1.165) is 18.4 Å². The fourth-order valence-corrected chi connectivity index (χ4v) is 1.79. The van der Waals surface area contributed by atoms with E-state index in [1.54, 1.807) is 0 Å². The van der Waals surface area contributed by atoms with E-state index in [2.05, 4.69) is 42.2 Å². The minimum atomic E-state index is 0.617. The van der Waals surface area contributed by atoms with E-state index in [0.29, 0.717) is 6.42 Å². The third-order valence-corrected chi connectivity index (χ3v) is 2.65. The van der Waals surface area contributed by atoms with Crippen LogP contribution in [0.4, 0.5) is 0 Å². The molecule has 0 fully saturated rings. The molecule has 0 aliphatic carbocycles. The minimum Gasteiger partial charge on any atom is -0.256 e. The van der Waals surface area contributed by atoms with E-state index in [-0.39, 0.29) is 0 Å². The van der Waals surface area contributed by atoms with E-state index >= 15 is 0 Å². The molecule has 16 heavy (non-hydrogen) atoms. The number of aromatic nitrogens is 1. The average Bonchev–Trinajstić information content (AvgIpc) is 2.29. The van der Waals surface area contributed by atoms with Crippen LogP contribution in [0.3, 0.4) is 0 Å². The summed E-state index contributed by atoms with van der Waals surface area (Å²) in [6, 6.07) is 10.6. The summed E-state index contributed by atoms with van der Waals surface area (Å²) in [6.07, 6.45) is 4.38. The smallest absolute Gasteiger partial charge is 0.0704 e. The van der Waals surface area contributed by atoms with Gasteiger partial charge in [0.2, 0.25) is 0 Å². The number of fused-ring (bicyclic) bond motifs is 1. The molecule has 0 radical (unpaired) electrons. The molecular formula is C14H14N2. The fraction of sp³-hybridized carbons (Fsp3) is 0.286. The highest BCUT2D eigenvalue weighted by atomic mass is 14.6. The topological polar surface area (TPSA) is 36.7 Å². The monoisotopic (exact) mass is 210 g/mol. The van der Waals surface area contributed by atoms with E-state index in [1.165, 1.54) is 16.5 Å². The number of unbranched alkanes of at least 4 members (excludes halogenated alkanes) is 1. The normalized spacial score (nSPS) is 10.2. The van der Waals surface area contributed by atoms with Gasteiger partial charge in [-0.3, -0.25) is 4.98 Å². The Bertz CT molecular complexity index is 538. The molecule has 80 valence electrons. The summed E-state index contributed by atoms with van der Waals surface area (Å²) in [5.74, 6) is 0. The highest BCUT2D eigenvalue weighted by Gasteiger charge is 1.98. The van der Waals surface area contributed by atoms with Gasteiger partial charge in [0.25, 0.3) is 0 Å². The molecule has 1 aromatic heterocycles. The van der Waals surface area contributed by atoms with Gasteiger partial charge in [-0.25, -0.2) is 0 Å². The van der Waals surface area contributed by atoms with Gasteiger partial charge >= 0.3 is 0 Å². The first-order valence-corrected chi connectivity index (χ1v) is 5.52. The Kier molecular flexibility index (Phi) is 3.16. The van der Waals surface area contributed by atoms with Crippen molar-refractivity contribution >= 4 is 10.9 Å². The lowest BCUT2D eigenvalue weighted by atomic mass is 10.1. The van der Waals surface area contributed by atoms with Crippen molar-refractivity contribution in [2.24, 2.45) is 0 Å². The van der Waals surface area contributed by atoms with E-state index in [1.807, 2.05) is 6.20 Å². The van der Waals surface area contributed by atoms with Gasteiger partial charge in [0, 0.05) is 18.0 Å². The molecule has 1 heterocycles. The quantitative estimate of drug-likeness (QED) is 0.728. The number of nitrogens with zero attached hydrogens (tertiary/aromatic N) is 2. The number of pyridine rings is 1. The predicted molar refractivity (Wildman–Crippen MR) is 65.0 cm³/mol. The van der Waals surface area contributed by atoms with E-state index in [9.17, 15) is 0 Å². The summed E-state index contributed by atoms with van der Waals surface area (Å²) in [4.78, 5) is 4.44. The lowest BCUT2D eigenvalue weighted by Crippen LogP contribution is -1.88. The molecule has 1 aromatic carbocycles. The Balaban J connectivity index is 2.24. The summed E-state index contributed by atoms with van der Waals surface area (Å²) in [6.45, 7) is 2.07. The second kappa shape index (κ2) is 4.76. The third kappa shape index (κ3) is 2.38. The largest absolute Gasteiger partial charge is 0.256 e. The van der Waals surface area contributed by atoms with Crippen molar-refractivity contribution in [2.45, 2.75) is 26.2 Å². The number of hydrogen-bond acceptors (Lipinski definition) is 2. The molecule has 0 aliphatic rings.